The molecule has 1 saturated carbocycles. The highest BCUT2D eigenvalue weighted by Crippen LogP contribution is 2.34. The van der Waals surface area contributed by atoms with E-state index >= 15 is 0 Å². The van der Waals surface area contributed by atoms with Crippen LogP contribution in [0.1, 0.15) is 25.3 Å². The van der Waals surface area contributed by atoms with Crippen LogP contribution in [0.25, 0.3) is 5.57 Å². The molecule has 0 amide bonds. The van der Waals surface area contributed by atoms with Crippen molar-refractivity contribution in [3.63, 3.8) is 0 Å². The summed E-state index contributed by atoms with van der Waals surface area (Å²) in [6, 6.07) is 6.36. The van der Waals surface area contributed by atoms with Gasteiger partial charge in [-0.1, -0.05) is 13.0 Å². The van der Waals surface area contributed by atoms with Crippen molar-refractivity contribution in [3.8, 4) is 0 Å². The summed E-state index contributed by atoms with van der Waals surface area (Å²) in [7, 11) is 2.97. The summed E-state index contributed by atoms with van der Waals surface area (Å²) in [6.07, 6.45) is 7.06. The van der Waals surface area contributed by atoms with Gasteiger partial charge in [0.25, 0.3) is 0 Å². The van der Waals surface area contributed by atoms with Crippen molar-refractivity contribution in [2.75, 3.05) is 31.7 Å². The van der Waals surface area contributed by atoms with Gasteiger partial charge in [0, 0.05) is 41.2 Å². The van der Waals surface area contributed by atoms with Crippen molar-refractivity contribution < 1.29 is 4.21 Å². The zero-order valence-corrected chi connectivity index (χ0v) is 15.5. The molecule has 0 saturated heterocycles. The van der Waals surface area contributed by atoms with E-state index in [-0.39, 0.29) is 6.04 Å². The van der Waals surface area contributed by atoms with Crippen LogP contribution in [-0.2, 0) is 10.8 Å². The lowest BCUT2D eigenvalue weighted by atomic mass is 10.0. The number of benzene rings is 1. The van der Waals surface area contributed by atoms with Crippen LogP contribution in [0, 0.1) is 5.92 Å². The third kappa shape index (κ3) is 3.73. The third-order valence-corrected chi connectivity index (χ3v) is 6.00. The van der Waals surface area contributed by atoms with E-state index in [1.165, 1.54) is 18.4 Å². The average Bonchev–Trinajstić information content (AvgIpc) is 3.36. The second kappa shape index (κ2) is 7.53. The molecule has 1 fully saturated rings. The van der Waals surface area contributed by atoms with Crippen molar-refractivity contribution in [1.29, 1.82) is 0 Å². The molecule has 0 radical (unpaired) electrons. The molecule has 4 nitrogen and oxygen atoms in total. The third-order valence-electron chi connectivity index (χ3n) is 4.70. The van der Waals surface area contributed by atoms with Crippen LogP contribution in [0.15, 0.2) is 40.9 Å². The lowest BCUT2D eigenvalue weighted by Crippen LogP contribution is -2.29. The highest BCUT2D eigenvalue weighted by Gasteiger charge is 2.23. The molecule has 0 spiro atoms. The van der Waals surface area contributed by atoms with Crippen molar-refractivity contribution in [1.82, 2.24) is 10.6 Å². The molecule has 0 heterocycles. The Bertz CT molecular complexity index is 692. The Hall–Kier alpha value is -1.59. The zero-order valence-electron chi connectivity index (χ0n) is 14.7. The maximum Gasteiger partial charge on any atom is 0.0662 e. The number of nitrogens with one attached hydrogen (secondary N) is 3. The average molecular weight is 346 g/mol. The van der Waals surface area contributed by atoms with Gasteiger partial charge in [-0.2, -0.15) is 0 Å². The molecule has 2 aliphatic rings. The maximum atomic E-state index is 12.2. The Morgan fingerprint density at radius 2 is 2.04 bits per heavy atom. The van der Waals surface area contributed by atoms with Crippen LogP contribution in [0.3, 0.4) is 0 Å². The van der Waals surface area contributed by atoms with E-state index in [9.17, 15) is 4.21 Å². The predicted octanol–water partition coefficient (Wildman–Crippen LogP) is 2.72. The second-order valence-electron chi connectivity index (χ2n) is 6.40. The van der Waals surface area contributed by atoms with E-state index in [2.05, 4.69) is 40.2 Å². The molecule has 0 bridgehead atoms. The van der Waals surface area contributed by atoms with Gasteiger partial charge in [-0.3, -0.25) is 4.21 Å². The molecule has 2 atom stereocenters. The Balaban J connectivity index is 1.95. The molecular weight excluding hydrogens is 318 g/mol. The summed E-state index contributed by atoms with van der Waals surface area (Å²) in [4.78, 5) is 0.901. The molecule has 3 rings (SSSR count). The molecule has 3 N–H and O–H groups in total. The molecule has 24 heavy (non-hydrogen) atoms. The largest absolute Gasteiger partial charge is 0.390 e. The van der Waals surface area contributed by atoms with Gasteiger partial charge < -0.3 is 16.0 Å². The predicted molar refractivity (Wildman–Crippen MR) is 103 cm³/mol. The van der Waals surface area contributed by atoms with E-state index in [0.29, 0.717) is 5.75 Å². The molecule has 130 valence electrons. The summed E-state index contributed by atoms with van der Waals surface area (Å²) in [6.45, 7) is 2.98. The molecule has 2 aliphatic carbocycles. The summed E-state index contributed by atoms with van der Waals surface area (Å²) in [5.41, 5.74) is 4.60. The zero-order chi connectivity index (χ0) is 17.1. The van der Waals surface area contributed by atoms with E-state index in [1.54, 1.807) is 0 Å². The Labute approximate surface area is 147 Å². The first-order valence-corrected chi connectivity index (χ1v) is 10.0. The smallest absolute Gasteiger partial charge is 0.0662 e. The normalized spacial score (nSPS) is 21.2. The number of allylic oxidation sites excluding steroid dienone is 2. The number of hydrogen-bond acceptors (Lipinski definition) is 4. The van der Waals surface area contributed by atoms with Crippen LogP contribution >= 0.6 is 0 Å². The van der Waals surface area contributed by atoms with Gasteiger partial charge in [0.1, 0.15) is 0 Å². The first-order valence-electron chi connectivity index (χ1n) is 8.71. The van der Waals surface area contributed by atoms with Gasteiger partial charge >= 0.3 is 0 Å². The lowest BCUT2D eigenvalue weighted by Gasteiger charge is -2.14. The van der Waals surface area contributed by atoms with E-state index in [0.717, 1.165) is 34.3 Å². The standard InChI is InChI=1S/C19H27N3OS/c1-4-24(23)15-7-8-17(22-12-13-5-6-13)16(11-15)14-9-18(20-2)19(10-14)21-3/h7-11,13,18,20-22H,4-6,12H2,1-3H3. The van der Waals surface area contributed by atoms with E-state index in [1.807, 2.05) is 27.1 Å². The minimum atomic E-state index is -0.937. The van der Waals surface area contributed by atoms with Gasteiger partial charge in [0.15, 0.2) is 0 Å². The fraction of sp³-hybridized carbons (Fsp3) is 0.474. The Kier molecular flexibility index (Phi) is 5.41. The fourth-order valence-corrected chi connectivity index (χ4v) is 3.81. The highest BCUT2D eigenvalue weighted by molar-refractivity contribution is 7.85. The molecule has 0 aromatic heterocycles. The molecule has 0 aliphatic heterocycles. The molecule has 5 heteroatoms. The monoisotopic (exact) mass is 345 g/mol. The van der Waals surface area contributed by atoms with Crippen LogP contribution in [0.2, 0.25) is 0 Å². The minimum absolute atomic E-state index is 0.196. The van der Waals surface area contributed by atoms with Crippen LogP contribution < -0.4 is 16.0 Å². The Morgan fingerprint density at radius 3 is 2.62 bits per heavy atom. The summed E-state index contributed by atoms with van der Waals surface area (Å²) in [5, 5.41) is 10.2. The van der Waals surface area contributed by atoms with E-state index in [4.69, 9.17) is 0 Å². The Morgan fingerprint density at radius 1 is 1.25 bits per heavy atom. The first-order chi connectivity index (χ1) is 11.7. The SMILES string of the molecule is CCS(=O)c1ccc(NCC2CC2)c(C2=CC(NC)C(NC)=C2)c1. The van der Waals surface area contributed by atoms with Crippen molar-refractivity contribution >= 4 is 22.1 Å². The lowest BCUT2D eigenvalue weighted by molar-refractivity contribution is 0.684. The van der Waals surface area contributed by atoms with Crippen LogP contribution in [0.5, 0.6) is 0 Å². The van der Waals surface area contributed by atoms with Crippen molar-refractivity contribution in [3.05, 3.63) is 41.6 Å². The van der Waals surface area contributed by atoms with Crippen LogP contribution in [-0.4, -0.2) is 36.6 Å². The quantitative estimate of drug-likeness (QED) is 0.678. The molecule has 1 aromatic carbocycles. The summed E-state index contributed by atoms with van der Waals surface area (Å²) in [5.74, 6) is 1.46. The summed E-state index contributed by atoms with van der Waals surface area (Å²) < 4.78 is 12.2. The summed E-state index contributed by atoms with van der Waals surface area (Å²) >= 11 is 0. The van der Waals surface area contributed by atoms with E-state index < -0.39 is 10.8 Å². The van der Waals surface area contributed by atoms with Gasteiger partial charge in [-0.25, -0.2) is 0 Å². The molecule has 2 unspecified atom stereocenters. The molecular formula is C19H27N3OS. The topological polar surface area (TPSA) is 53.2 Å². The van der Waals surface area contributed by atoms with Gasteiger partial charge in [0.05, 0.1) is 16.8 Å². The van der Waals surface area contributed by atoms with Crippen LogP contribution in [0.4, 0.5) is 5.69 Å². The highest BCUT2D eigenvalue weighted by atomic mass is 32.2. The number of rotatable bonds is 8. The van der Waals surface area contributed by atoms with Crippen molar-refractivity contribution in [2.45, 2.75) is 30.7 Å². The minimum Gasteiger partial charge on any atom is -0.390 e. The first kappa shape index (κ1) is 17.2. The fourth-order valence-electron chi connectivity index (χ4n) is 3.01. The second-order valence-corrected chi connectivity index (χ2v) is 8.14. The maximum absolute atomic E-state index is 12.2. The van der Waals surface area contributed by atoms with Crippen molar-refractivity contribution in [2.24, 2.45) is 5.92 Å². The van der Waals surface area contributed by atoms with Gasteiger partial charge in [-0.05, 0) is 55.7 Å². The molecule has 1 aromatic rings. The number of likely N-dealkylation sites (N-methyl/N-ethyl adjacent to an activating group) is 2. The number of hydrogen-bond donors (Lipinski definition) is 3. The van der Waals surface area contributed by atoms with Gasteiger partial charge in [-0.15, -0.1) is 0 Å². The van der Waals surface area contributed by atoms with Gasteiger partial charge in [0.2, 0.25) is 0 Å². The number of anilines is 1.